The van der Waals surface area contributed by atoms with Crippen molar-refractivity contribution in [1.82, 2.24) is 4.57 Å². The molecule has 5 heteroatoms. The van der Waals surface area contributed by atoms with Crippen LogP contribution < -0.4 is 5.56 Å². The molecule has 2 rings (SSSR count). The van der Waals surface area contributed by atoms with Gasteiger partial charge in [-0.2, -0.15) is 13.2 Å². The number of nitrogens with zero attached hydrogens (tertiary/aromatic N) is 1. The van der Waals surface area contributed by atoms with E-state index in [-0.39, 0.29) is 11.1 Å². The molecule has 0 bridgehead atoms. The fourth-order valence-electron chi connectivity index (χ4n) is 1.94. The summed E-state index contributed by atoms with van der Waals surface area (Å²) in [6.07, 6.45) is -3.42. The minimum absolute atomic E-state index is 0.286. The number of pyridine rings is 1. The number of hydrogen-bond donors (Lipinski definition) is 0. The molecule has 0 radical (unpaired) electrons. The Labute approximate surface area is 108 Å². The van der Waals surface area contributed by atoms with Gasteiger partial charge in [-0.3, -0.25) is 4.79 Å². The zero-order valence-corrected chi connectivity index (χ0v) is 10.5. The minimum Gasteiger partial charge on any atom is -0.318 e. The first-order valence-corrected chi connectivity index (χ1v) is 5.64. The molecule has 0 saturated heterocycles. The van der Waals surface area contributed by atoms with Crippen LogP contribution in [0.4, 0.5) is 13.2 Å². The lowest BCUT2D eigenvalue weighted by Gasteiger charge is -2.14. The molecule has 0 atom stereocenters. The molecule has 100 valence electrons. The predicted molar refractivity (Wildman–Crippen MR) is 66.9 cm³/mol. The summed E-state index contributed by atoms with van der Waals surface area (Å²) in [6.45, 7) is 1.77. The van der Waals surface area contributed by atoms with Crippen LogP contribution in [0.5, 0.6) is 0 Å². The molecule has 19 heavy (non-hydrogen) atoms. The van der Waals surface area contributed by atoms with Crippen LogP contribution in [0.25, 0.3) is 11.1 Å². The third-order valence-corrected chi connectivity index (χ3v) is 2.88. The van der Waals surface area contributed by atoms with Crippen molar-refractivity contribution in [3.63, 3.8) is 0 Å². The second-order valence-electron chi connectivity index (χ2n) is 4.39. The molecule has 0 amide bonds. The Morgan fingerprint density at radius 3 is 2.42 bits per heavy atom. The minimum atomic E-state index is -4.55. The van der Waals surface area contributed by atoms with Crippen LogP contribution in [-0.4, -0.2) is 4.57 Å². The SMILES string of the molecule is Cc1cccc(-c2c(C(F)(F)F)ccn(C)c2=O)c1. The first-order chi connectivity index (χ1) is 8.80. The van der Waals surface area contributed by atoms with E-state index in [0.717, 1.165) is 22.4 Å². The summed E-state index contributed by atoms with van der Waals surface area (Å²) in [6, 6.07) is 7.42. The zero-order chi connectivity index (χ0) is 14.2. The average Bonchev–Trinajstić information content (AvgIpc) is 2.31. The lowest BCUT2D eigenvalue weighted by atomic mass is 9.99. The van der Waals surface area contributed by atoms with Gasteiger partial charge in [0.05, 0.1) is 11.1 Å². The monoisotopic (exact) mass is 267 g/mol. The molecule has 0 aliphatic carbocycles. The Morgan fingerprint density at radius 2 is 1.84 bits per heavy atom. The molecule has 1 aromatic carbocycles. The molecule has 1 aromatic heterocycles. The van der Waals surface area contributed by atoms with Crippen LogP contribution in [0.3, 0.4) is 0 Å². The van der Waals surface area contributed by atoms with Crippen molar-refractivity contribution < 1.29 is 13.2 Å². The van der Waals surface area contributed by atoms with E-state index in [4.69, 9.17) is 0 Å². The topological polar surface area (TPSA) is 22.0 Å². The highest BCUT2D eigenvalue weighted by atomic mass is 19.4. The fourth-order valence-corrected chi connectivity index (χ4v) is 1.94. The molecule has 0 aliphatic heterocycles. The summed E-state index contributed by atoms with van der Waals surface area (Å²) < 4.78 is 40.1. The number of alkyl halides is 3. The Hall–Kier alpha value is -2.04. The van der Waals surface area contributed by atoms with Crippen molar-refractivity contribution >= 4 is 0 Å². The maximum atomic E-state index is 13.0. The Bertz CT molecular complexity index is 671. The number of benzene rings is 1. The molecule has 0 fully saturated rings. The van der Waals surface area contributed by atoms with Crippen molar-refractivity contribution in [2.45, 2.75) is 13.1 Å². The molecule has 0 aliphatic rings. The summed E-state index contributed by atoms with van der Waals surface area (Å²) in [4.78, 5) is 12.0. The van der Waals surface area contributed by atoms with Crippen LogP contribution in [0.2, 0.25) is 0 Å². The highest BCUT2D eigenvalue weighted by molar-refractivity contribution is 5.67. The van der Waals surface area contributed by atoms with Gasteiger partial charge < -0.3 is 4.57 Å². The smallest absolute Gasteiger partial charge is 0.318 e. The second-order valence-corrected chi connectivity index (χ2v) is 4.39. The summed E-state index contributed by atoms with van der Waals surface area (Å²) >= 11 is 0. The fraction of sp³-hybridized carbons (Fsp3) is 0.214. The van der Waals surface area contributed by atoms with Gasteiger partial charge in [-0.25, -0.2) is 0 Å². The summed E-state index contributed by atoms with van der Waals surface area (Å²) in [5, 5.41) is 0. The van der Waals surface area contributed by atoms with Crippen molar-refractivity contribution in [3.8, 4) is 11.1 Å². The number of aromatic nitrogens is 1. The van der Waals surface area contributed by atoms with E-state index in [2.05, 4.69) is 0 Å². The van der Waals surface area contributed by atoms with Crippen LogP contribution in [-0.2, 0) is 13.2 Å². The van der Waals surface area contributed by atoms with Crippen molar-refractivity contribution in [3.05, 3.63) is 58.0 Å². The van der Waals surface area contributed by atoms with Gasteiger partial charge in [-0.15, -0.1) is 0 Å². The van der Waals surface area contributed by atoms with E-state index >= 15 is 0 Å². The van der Waals surface area contributed by atoms with Crippen molar-refractivity contribution in [1.29, 1.82) is 0 Å². The van der Waals surface area contributed by atoms with Gasteiger partial charge in [-0.1, -0.05) is 29.8 Å². The van der Waals surface area contributed by atoms with Crippen LogP contribution in [0, 0.1) is 6.92 Å². The van der Waals surface area contributed by atoms with Crippen LogP contribution >= 0.6 is 0 Å². The third-order valence-electron chi connectivity index (χ3n) is 2.88. The van der Waals surface area contributed by atoms with Crippen LogP contribution in [0.1, 0.15) is 11.1 Å². The number of hydrogen-bond acceptors (Lipinski definition) is 1. The van der Waals surface area contributed by atoms with Gasteiger partial charge in [-0.05, 0) is 18.6 Å². The first-order valence-electron chi connectivity index (χ1n) is 5.64. The molecular weight excluding hydrogens is 255 g/mol. The van der Waals surface area contributed by atoms with Gasteiger partial charge in [0, 0.05) is 13.2 Å². The lowest BCUT2D eigenvalue weighted by molar-refractivity contribution is -0.137. The molecule has 2 nitrogen and oxygen atoms in total. The van der Waals surface area contributed by atoms with E-state index in [1.807, 2.05) is 0 Å². The quantitative estimate of drug-likeness (QED) is 0.776. The van der Waals surface area contributed by atoms with Gasteiger partial charge in [0.1, 0.15) is 0 Å². The average molecular weight is 267 g/mol. The predicted octanol–water partition coefficient (Wildman–Crippen LogP) is 3.38. The summed E-state index contributed by atoms with van der Waals surface area (Å²) in [5.74, 6) is 0. The van der Waals surface area contributed by atoms with Gasteiger partial charge >= 0.3 is 6.18 Å². The van der Waals surface area contributed by atoms with Crippen LogP contribution in [0.15, 0.2) is 41.3 Å². The lowest BCUT2D eigenvalue weighted by Crippen LogP contribution is -2.23. The molecule has 1 heterocycles. The van der Waals surface area contributed by atoms with Crippen molar-refractivity contribution in [2.24, 2.45) is 7.05 Å². The normalized spacial score (nSPS) is 11.6. The highest BCUT2D eigenvalue weighted by Crippen LogP contribution is 2.35. The van der Waals surface area contributed by atoms with E-state index in [0.29, 0.717) is 0 Å². The van der Waals surface area contributed by atoms with E-state index in [1.165, 1.54) is 13.1 Å². The first kappa shape index (κ1) is 13.4. The summed E-state index contributed by atoms with van der Waals surface area (Å²) in [5.41, 5.74) is -0.770. The van der Waals surface area contributed by atoms with E-state index < -0.39 is 17.3 Å². The standard InChI is InChI=1S/C14H12F3NO/c1-9-4-3-5-10(8-9)12-11(14(15,16)17)6-7-18(2)13(12)19/h3-8H,1-2H3. The second kappa shape index (κ2) is 4.57. The maximum absolute atomic E-state index is 13.0. The zero-order valence-electron chi connectivity index (χ0n) is 10.5. The van der Waals surface area contributed by atoms with E-state index in [1.54, 1.807) is 25.1 Å². The van der Waals surface area contributed by atoms with Gasteiger partial charge in [0.15, 0.2) is 0 Å². The Morgan fingerprint density at radius 1 is 1.16 bits per heavy atom. The number of rotatable bonds is 1. The maximum Gasteiger partial charge on any atom is 0.417 e. The number of aryl methyl sites for hydroxylation is 2. The molecule has 0 unspecified atom stereocenters. The number of halogens is 3. The Kier molecular flexibility index (Phi) is 3.22. The largest absolute Gasteiger partial charge is 0.417 e. The van der Waals surface area contributed by atoms with Gasteiger partial charge in [0.25, 0.3) is 5.56 Å². The highest BCUT2D eigenvalue weighted by Gasteiger charge is 2.35. The molecule has 0 spiro atoms. The van der Waals surface area contributed by atoms with Gasteiger partial charge in [0.2, 0.25) is 0 Å². The summed E-state index contributed by atoms with van der Waals surface area (Å²) in [7, 11) is 1.43. The van der Waals surface area contributed by atoms with E-state index in [9.17, 15) is 18.0 Å². The van der Waals surface area contributed by atoms with Crippen molar-refractivity contribution in [2.75, 3.05) is 0 Å². The molecular formula is C14H12F3NO. The molecule has 2 aromatic rings. The molecule has 0 saturated carbocycles. The molecule has 0 N–H and O–H groups in total. The third kappa shape index (κ3) is 2.54. The Balaban J connectivity index is 2.81.